The summed E-state index contributed by atoms with van der Waals surface area (Å²) in [6.45, 7) is 8.16. The molecule has 2 aromatic rings. The van der Waals surface area contributed by atoms with Crippen LogP contribution in [0.2, 0.25) is 0 Å². The maximum atomic E-state index is 12.3. The lowest BCUT2D eigenvalue weighted by atomic mass is 10.1. The number of nitrogens with one attached hydrogen (secondary N) is 1. The summed E-state index contributed by atoms with van der Waals surface area (Å²) in [5.41, 5.74) is 1.88. The summed E-state index contributed by atoms with van der Waals surface area (Å²) in [6.07, 6.45) is 11.7. The van der Waals surface area contributed by atoms with Crippen molar-refractivity contribution >= 4 is 11.9 Å². The van der Waals surface area contributed by atoms with Crippen molar-refractivity contribution < 1.29 is 4.79 Å². The number of nitrogens with zero attached hydrogens (tertiary/aromatic N) is 5. The molecule has 0 spiro atoms. The number of anilines is 1. The highest BCUT2D eigenvalue weighted by Gasteiger charge is 2.17. The van der Waals surface area contributed by atoms with E-state index in [1.807, 2.05) is 37.7 Å². The van der Waals surface area contributed by atoms with Gasteiger partial charge in [-0.1, -0.05) is 19.3 Å². The first-order valence-corrected chi connectivity index (χ1v) is 9.90. The van der Waals surface area contributed by atoms with Crippen LogP contribution in [-0.2, 0) is 11.3 Å². The van der Waals surface area contributed by atoms with Crippen molar-refractivity contribution in [2.75, 3.05) is 18.0 Å². The van der Waals surface area contributed by atoms with E-state index in [1.54, 1.807) is 6.20 Å². The summed E-state index contributed by atoms with van der Waals surface area (Å²) in [5.74, 6) is 1.59. The van der Waals surface area contributed by atoms with E-state index in [0.717, 1.165) is 36.1 Å². The Bertz CT molecular complexity index is 764. The van der Waals surface area contributed by atoms with Crippen molar-refractivity contribution in [3.05, 3.63) is 35.7 Å². The molecule has 1 atom stereocenters. The zero-order valence-corrected chi connectivity index (χ0v) is 16.6. The summed E-state index contributed by atoms with van der Waals surface area (Å²) in [4.78, 5) is 28.1. The van der Waals surface area contributed by atoms with Gasteiger partial charge in [-0.3, -0.25) is 4.79 Å². The van der Waals surface area contributed by atoms with E-state index in [9.17, 15) is 4.79 Å². The maximum absolute atomic E-state index is 12.3. The van der Waals surface area contributed by atoms with E-state index in [0.29, 0.717) is 0 Å². The molecule has 1 N–H and O–H groups in total. The molecule has 1 aliphatic rings. The van der Waals surface area contributed by atoms with Gasteiger partial charge < -0.3 is 14.8 Å². The molecular weight excluding hydrogens is 340 g/mol. The van der Waals surface area contributed by atoms with Crippen molar-refractivity contribution in [2.45, 2.75) is 65.5 Å². The normalized spacial score (nSPS) is 16.5. The van der Waals surface area contributed by atoms with Crippen molar-refractivity contribution in [1.82, 2.24) is 24.8 Å². The van der Waals surface area contributed by atoms with Crippen LogP contribution in [0.3, 0.4) is 0 Å². The fourth-order valence-electron chi connectivity index (χ4n) is 3.58. The number of carbonyl (C=O) groups is 1. The Hall–Kier alpha value is -2.44. The van der Waals surface area contributed by atoms with Crippen LogP contribution in [0.5, 0.6) is 0 Å². The summed E-state index contributed by atoms with van der Waals surface area (Å²) in [5, 5.41) is 3.04. The van der Waals surface area contributed by atoms with E-state index in [2.05, 4.69) is 20.2 Å². The molecule has 7 nitrogen and oxygen atoms in total. The second-order valence-corrected chi connectivity index (χ2v) is 7.36. The Morgan fingerprint density at radius 1 is 1.15 bits per heavy atom. The third-order valence-corrected chi connectivity index (χ3v) is 5.23. The molecule has 0 radical (unpaired) electrons. The predicted molar refractivity (Wildman–Crippen MR) is 106 cm³/mol. The molecule has 1 fully saturated rings. The van der Waals surface area contributed by atoms with Gasteiger partial charge >= 0.3 is 0 Å². The molecule has 27 heavy (non-hydrogen) atoms. The summed E-state index contributed by atoms with van der Waals surface area (Å²) < 4.78 is 1.83. The average Bonchev–Trinajstić information content (AvgIpc) is 2.99. The molecule has 7 heteroatoms. The standard InChI is InChI=1S/C20H30N6O/c1-15(23-19(27)14-26-12-9-21-17(26)3)18-13-22-20(24-16(18)2)25-10-7-5-4-6-8-11-25/h9,12-13,15H,4-8,10-11,14H2,1-3H3,(H,23,27)/t15-/m0/s1. The SMILES string of the molecule is Cc1nc(N2CCCCCCC2)ncc1[C@H](C)NC(=O)Cn1ccnc1C. The van der Waals surface area contributed by atoms with E-state index >= 15 is 0 Å². The summed E-state index contributed by atoms with van der Waals surface area (Å²) in [7, 11) is 0. The highest BCUT2D eigenvalue weighted by atomic mass is 16.2. The molecule has 146 valence electrons. The molecule has 0 bridgehead atoms. The van der Waals surface area contributed by atoms with Gasteiger partial charge in [0.1, 0.15) is 12.4 Å². The number of aryl methyl sites for hydroxylation is 2. The molecule has 0 aromatic carbocycles. The van der Waals surface area contributed by atoms with Crippen LogP contribution in [0.25, 0.3) is 0 Å². The fourth-order valence-corrected chi connectivity index (χ4v) is 3.58. The molecule has 2 aromatic heterocycles. The van der Waals surface area contributed by atoms with Gasteiger partial charge in [-0.25, -0.2) is 15.0 Å². The van der Waals surface area contributed by atoms with Crippen molar-refractivity contribution in [2.24, 2.45) is 0 Å². The number of hydrogen-bond acceptors (Lipinski definition) is 5. The quantitative estimate of drug-likeness (QED) is 0.876. The van der Waals surface area contributed by atoms with Crippen molar-refractivity contribution in [3.63, 3.8) is 0 Å². The monoisotopic (exact) mass is 370 g/mol. The number of imidazole rings is 1. The molecule has 3 heterocycles. The molecule has 0 aliphatic carbocycles. The molecule has 1 saturated heterocycles. The smallest absolute Gasteiger partial charge is 0.240 e. The predicted octanol–water partition coefficient (Wildman–Crippen LogP) is 2.94. The minimum Gasteiger partial charge on any atom is -0.348 e. The zero-order valence-electron chi connectivity index (χ0n) is 16.6. The largest absolute Gasteiger partial charge is 0.348 e. The van der Waals surface area contributed by atoms with Gasteiger partial charge in [0.05, 0.1) is 6.04 Å². The van der Waals surface area contributed by atoms with E-state index < -0.39 is 0 Å². The zero-order chi connectivity index (χ0) is 19.2. The minimum atomic E-state index is -0.136. The Labute approximate surface area is 161 Å². The van der Waals surface area contributed by atoms with E-state index in [1.165, 1.54) is 32.1 Å². The third kappa shape index (κ3) is 5.05. The van der Waals surface area contributed by atoms with Crippen LogP contribution in [-0.4, -0.2) is 38.5 Å². The highest BCUT2D eigenvalue weighted by molar-refractivity contribution is 5.76. The van der Waals surface area contributed by atoms with Crippen LogP contribution >= 0.6 is 0 Å². The van der Waals surface area contributed by atoms with Crippen molar-refractivity contribution in [1.29, 1.82) is 0 Å². The van der Waals surface area contributed by atoms with Crippen LogP contribution in [0, 0.1) is 13.8 Å². The van der Waals surface area contributed by atoms with Gasteiger partial charge in [-0.15, -0.1) is 0 Å². The molecule has 0 unspecified atom stereocenters. The topological polar surface area (TPSA) is 75.9 Å². The number of hydrogen-bond donors (Lipinski definition) is 1. The minimum absolute atomic E-state index is 0.0455. The fraction of sp³-hybridized carbons (Fsp3) is 0.600. The van der Waals surface area contributed by atoms with Gasteiger partial charge in [0.2, 0.25) is 11.9 Å². The van der Waals surface area contributed by atoms with Crippen LogP contribution in [0.4, 0.5) is 5.95 Å². The van der Waals surface area contributed by atoms with Gasteiger partial charge in [-0.05, 0) is 33.6 Å². The molecule has 0 saturated carbocycles. The third-order valence-electron chi connectivity index (χ3n) is 5.23. The summed E-state index contributed by atoms with van der Waals surface area (Å²) in [6, 6.07) is -0.136. The number of carbonyl (C=O) groups excluding carboxylic acids is 1. The van der Waals surface area contributed by atoms with Crippen LogP contribution in [0.1, 0.15) is 62.2 Å². The number of amides is 1. The first kappa shape index (κ1) is 19.3. The van der Waals surface area contributed by atoms with E-state index in [-0.39, 0.29) is 18.5 Å². The first-order valence-electron chi connectivity index (χ1n) is 9.90. The maximum Gasteiger partial charge on any atom is 0.240 e. The Balaban J connectivity index is 1.63. The van der Waals surface area contributed by atoms with Crippen LogP contribution < -0.4 is 10.2 Å². The Morgan fingerprint density at radius 3 is 2.48 bits per heavy atom. The molecule has 1 amide bonds. The van der Waals surface area contributed by atoms with Crippen LogP contribution in [0.15, 0.2) is 18.6 Å². The lowest BCUT2D eigenvalue weighted by molar-refractivity contribution is -0.122. The highest BCUT2D eigenvalue weighted by Crippen LogP contribution is 2.20. The lowest BCUT2D eigenvalue weighted by Gasteiger charge is -2.25. The van der Waals surface area contributed by atoms with E-state index in [4.69, 9.17) is 4.98 Å². The first-order chi connectivity index (χ1) is 13.0. The lowest BCUT2D eigenvalue weighted by Crippen LogP contribution is -2.32. The molecular formula is C20H30N6O. The van der Waals surface area contributed by atoms with Gasteiger partial charge in [0.25, 0.3) is 0 Å². The van der Waals surface area contributed by atoms with Gasteiger partial charge in [-0.2, -0.15) is 0 Å². The number of rotatable bonds is 5. The number of aromatic nitrogens is 4. The van der Waals surface area contributed by atoms with Crippen molar-refractivity contribution in [3.8, 4) is 0 Å². The second kappa shape index (κ2) is 8.97. The molecule has 3 rings (SSSR count). The molecule has 1 aliphatic heterocycles. The Morgan fingerprint density at radius 2 is 1.85 bits per heavy atom. The second-order valence-electron chi connectivity index (χ2n) is 7.36. The summed E-state index contributed by atoms with van der Waals surface area (Å²) >= 11 is 0. The average molecular weight is 371 g/mol. The Kier molecular flexibility index (Phi) is 6.42. The van der Waals surface area contributed by atoms with Gasteiger partial charge in [0.15, 0.2) is 0 Å². The van der Waals surface area contributed by atoms with Gasteiger partial charge in [0, 0.05) is 42.9 Å².